The first-order valence-electron chi connectivity index (χ1n) is 6.76. The van der Waals surface area contributed by atoms with Crippen molar-refractivity contribution in [2.24, 2.45) is 7.05 Å². The summed E-state index contributed by atoms with van der Waals surface area (Å²) in [4.78, 5) is 4.45. The highest BCUT2D eigenvalue weighted by Gasteiger charge is 2.17. The summed E-state index contributed by atoms with van der Waals surface area (Å²) in [5.41, 5.74) is 1.33. The molecule has 3 nitrogen and oxygen atoms in total. The molecule has 108 valence electrons. The molecule has 0 saturated carbocycles. The Labute approximate surface area is 142 Å². The fourth-order valence-electron chi connectivity index (χ4n) is 2.17. The van der Waals surface area contributed by atoms with Crippen LogP contribution in [0.4, 0.5) is 0 Å². The van der Waals surface area contributed by atoms with Crippen LogP contribution < -0.4 is 5.32 Å². The van der Waals surface area contributed by atoms with Gasteiger partial charge in [0.15, 0.2) is 0 Å². The molecule has 1 N–H and O–H groups in total. The number of benzene rings is 1. The van der Waals surface area contributed by atoms with E-state index in [1.807, 2.05) is 19.4 Å². The molecule has 1 aromatic carbocycles. The summed E-state index contributed by atoms with van der Waals surface area (Å²) in [6.07, 6.45) is 5.88. The van der Waals surface area contributed by atoms with Crippen molar-refractivity contribution in [2.45, 2.75) is 25.8 Å². The van der Waals surface area contributed by atoms with Crippen LogP contribution in [0.1, 0.15) is 30.8 Å². The lowest BCUT2D eigenvalue weighted by Gasteiger charge is -2.20. The average molecular weight is 448 g/mol. The monoisotopic (exact) mass is 447 g/mol. The number of rotatable bonds is 6. The van der Waals surface area contributed by atoms with Crippen molar-refractivity contribution in [3.05, 3.63) is 50.0 Å². The van der Waals surface area contributed by atoms with Gasteiger partial charge in [-0.05, 0) is 59.3 Å². The predicted octanol–water partition coefficient (Wildman–Crippen LogP) is 4.07. The van der Waals surface area contributed by atoms with Crippen molar-refractivity contribution < 1.29 is 0 Å². The van der Waals surface area contributed by atoms with Crippen molar-refractivity contribution in [3.63, 3.8) is 0 Å². The van der Waals surface area contributed by atoms with E-state index in [9.17, 15) is 0 Å². The molecule has 0 amide bonds. The molecule has 20 heavy (non-hydrogen) atoms. The molecule has 0 spiro atoms. The quantitative estimate of drug-likeness (QED) is 0.676. The predicted molar refractivity (Wildman–Crippen MR) is 94.8 cm³/mol. The summed E-state index contributed by atoms with van der Waals surface area (Å²) in [5.74, 6) is 1.11. The lowest BCUT2D eigenvalue weighted by molar-refractivity contribution is 0.510. The summed E-state index contributed by atoms with van der Waals surface area (Å²) in [5, 5.41) is 3.64. The number of hydrogen-bond acceptors (Lipinski definition) is 2. The molecule has 0 saturated heterocycles. The minimum atomic E-state index is 0.292. The van der Waals surface area contributed by atoms with Gasteiger partial charge in [0.25, 0.3) is 0 Å². The number of aromatic nitrogens is 2. The Hall–Kier alpha value is -0.400. The van der Waals surface area contributed by atoms with E-state index in [0.29, 0.717) is 6.04 Å². The summed E-state index contributed by atoms with van der Waals surface area (Å²) < 4.78 is 4.50. The molecule has 1 unspecified atom stereocenters. The Kier molecular flexibility index (Phi) is 6.04. The molecular formula is C15H19BrIN3. The molecule has 0 fully saturated rings. The molecule has 0 radical (unpaired) electrons. The molecule has 1 heterocycles. The topological polar surface area (TPSA) is 29.9 Å². The highest BCUT2D eigenvalue weighted by molar-refractivity contribution is 14.1. The average Bonchev–Trinajstić information content (AvgIpc) is 2.83. The Balaban J connectivity index is 2.27. The SMILES string of the molecule is CCCNC(Cc1nccn1C)c1cc(Br)ccc1I. The Morgan fingerprint density at radius 1 is 1.45 bits per heavy atom. The van der Waals surface area contributed by atoms with Gasteiger partial charge in [0, 0.05) is 39.9 Å². The molecular weight excluding hydrogens is 429 g/mol. The standard InChI is InChI=1S/C15H19BrIN3/c1-3-6-18-14(10-15-19-7-8-20(15)2)12-9-11(16)4-5-13(12)17/h4-5,7-9,14,18H,3,6,10H2,1-2H3. The third-order valence-corrected chi connectivity index (χ3v) is 4.76. The van der Waals surface area contributed by atoms with E-state index >= 15 is 0 Å². The normalized spacial score (nSPS) is 12.6. The minimum Gasteiger partial charge on any atom is -0.338 e. The molecule has 1 aromatic heterocycles. The third kappa shape index (κ3) is 4.05. The molecule has 0 aliphatic heterocycles. The smallest absolute Gasteiger partial charge is 0.110 e. The van der Waals surface area contributed by atoms with Gasteiger partial charge in [-0.25, -0.2) is 4.98 Å². The highest BCUT2D eigenvalue weighted by Crippen LogP contribution is 2.26. The van der Waals surface area contributed by atoms with Crippen LogP contribution in [-0.4, -0.2) is 16.1 Å². The summed E-state index contributed by atoms with van der Waals surface area (Å²) in [7, 11) is 2.05. The lowest BCUT2D eigenvalue weighted by Crippen LogP contribution is -2.26. The van der Waals surface area contributed by atoms with Crippen LogP contribution in [0.15, 0.2) is 35.1 Å². The molecule has 1 atom stereocenters. The van der Waals surface area contributed by atoms with Gasteiger partial charge >= 0.3 is 0 Å². The van der Waals surface area contributed by atoms with E-state index in [4.69, 9.17) is 0 Å². The Morgan fingerprint density at radius 2 is 2.25 bits per heavy atom. The molecule has 2 rings (SSSR count). The molecule has 0 bridgehead atoms. The number of aryl methyl sites for hydroxylation is 1. The van der Waals surface area contributed by atoms with E-state index in [0.717, 1.165) is 29.7 Å². The van der Waals surface area contributed by atoms with Crippen LogP contribution in [0.25, 0.3) is 0 Å². The van der Waals surface area contributed by atoms with E-state index in [1.54, 1.807) is 0 Å². The first-order chi connectivity index (χ1) is 9.61. The number of halogens is 2. The van der Waals surface area contributed by atoms with Gasteiger partial charge in [0.1, 0.15) is 5.82 Å². The maximum Gasteiger partial charge on any atom is 0.110 e. The largest absolute Gasteiger partial charge is 0.338 e. The maximum atomic E-state index is 4.45. The van der Waals surface area contributed by atoms with Crippen molar-refractivity contribution in [1.29, 1.82) is 0 Å². The van der Waals surface area contributed by atoms with Gasteiger partial charge in [0.2, 0.25) is 0 Å². The zero-order valence-corrected chi connectivity index (χ0v) is 15.5. The van der Waals surface area contributed by atoms with Crippen molar-refractivity contribution >= 4 is 38.5 Å². The van der Waals surface area contributed by atoms with Gasteiger partial charge in [-0.1, -0.05) is 22.9 Å². The lowest BCUT2D eigenvalue weighted by atomic mass is 10.0. The summed E-state index contributed by atoms with van der Waals surface area (Å²) in [6.45, 7) is 3.20. The first-order valence-corrected chi connectivity index (χ1v) is 8.63. The van der Waals surface area contributed by atoms with Crippen LogP contribution in [0.3, 0.4) is 0 Å². The van der Waals surface area contributed by atoms with E-state index in [-0.39, 0.29) is 0 Å². The molecule has 0 aliphatic carbocycles. The summed E-state index contributed by atoms with van der Waals surface area (Å²) in [6, 6.07) is 6.74. The van der Waals surface area contributed by atoms with Gasteiger partial charge < -0.3 is 9.88 Å². The van der Waals surface area contributed by atoms with Crippen molar-refractivity contribution in [2.75, 3.05) is 6.54 Å². The first kappa shape index (κ1) is 16.0. The Morgan fingerprint density at radius 3 is 2.90 bits per heavy atom. The van der Waals surface area contributed by atoms with Gasteiger partial charge in [-0.3, -0.25) is 0 Å². The van der Waals surface area contributed by atoms with Crippen LogP contribution in [0.5, 0.6) is 0 Å². The minimum absolute atomic E-state index is 0.292. The van der Waals surface area contributed by atoms with Crippen LogP contribution in [0, 0.1) is 3.57 Å². The second-order valence-electron chi connectivity index (χ2n) is 4.83. The number of nitrogens with zero attached hydrogens (tertiary/aromatic N) is 2. The number of hydrogen-bond donors (Lipinski definition) is 1. The van der Waals surface area contributed by atoms with E-state index in [2.05, 4.69) is 78.5 Å². The third-order valence-electron chi connectivity index (χ3n) is 3.28. The fourth-order valence-corrected chi connectivity index (χ4v) is 3.26. The second kappa shape index (κ2) is 7.56. The molecule has 0 aliphatic rings. The maximum absolute atomic E-state index is 4.45. The molecule has 5 heteroatoms. The van der Waals surface area contributed by atoms with E-state index in [1.165, 1.54) is 9.13 Å². The number of nitrogens with one attached hydrogen (secondary N) is 1. The van der Waals surface area contributed by atoms with Gasteiger partial charge in [0.05, 0.1) is 0 Å². The number of imidazole rings is 1. The van der Waals surface area contributed by atoms with Crippen LogP contribution >= 0.6 is 38.5 Å². The highest BCUT2D eigenvalue weighted by atomic mass is 127. The van der Waals surface area contributed by atoms with Gasteiger partial charge in [-0.2, -0.15) is 0 Å². The van der Waals surface area contributed by atoms with Gasteiger partial charge in [-0.15, -0.1) is 0 Å². The van der Waals surface area contributed by atoms with Crippen molar-refractivity contribution in [1.82, 2.24) is 14.9 Å². The Bertz CT molecular complexity index is 568. The van der Waals surface area contributed by atoms with E-state index < -0.39 is 0 Å². The molecule has 2 aromatic rings. The van der Waals surface area contributed by atoms with Crippen LogP contribution in [-0.2, 0) is 13.5 Å². The van der Waals surface area contributed by atoms with Crippen LogP contribution in [0.2, 0.25) is 0 Å². The second-order valence-corrected chi connectivity index (χ2v) is 6.91. The fraction of sp³-hybridized carbons (Fsp3) is 0.400. The zero-order valence-electron chi connectivity index (χ0n) is 11.7. The van der Waals surface area contributed by atoms with Crippen molar-refractivity contribution in [3.8, 4) is 0 Å². The summed E-state index contributed by atoms with van der Waals surface area (Å²) >= 11 is 5.98. The zero-order chi connectivity index (χ0) is 14.5.